The molecule has 0 aliphatic heterocycles. The van der Waals surface area contributed by atoms with Crippen LogP contribution in [0.5, 0.6) is 0 Å². The van der Waals surface area contributed by atoms with E-state index in [1.54, 1.807) is 13.0 Å². The molecule has 3 N–H and O–H groups in total. The van der Waals surface area contributed by atoms with Crippen LogP contribution in [0.1, 0.15) is 35.2 Å². The highest BCUT2D eigenvalue weighted by Crippen LogP contribution is 2.31. The molecule has 0 saturated heterocycles. The number of nitrogen functional groups attached to an aromatic ring is 1. The molecule has 2 aromatic heterocycles. The number of aryl methyl sites for hydroxylation is 1. The van der Waals surface area contributed by atoms with Crippen LogP contribution in [0, 0.1) is 12.8 Å². The van der Waals surface area contributed by atoms with Crippen molar-refractivity contribution in [3.63, 3.8) is 0 Å². The second-order valence-electron chi connectivity index (χ2n) is 4.83. The first-order valence-corrected chi connectivity index (χ1v) is 7.25. The average molecular weight is 294 g/mol. The van der Waals surface area contributed by atoms with Gasteiger partial charge in [0, 0.05) is 18.9 Å². The Kier molecular flexibility index (Phi) is 4.39. The molecule has 20 heavy (non-hydrogen) atoms. The van der Waals surface area contributed by atoms with Crippen LogP contribution in [0.3, 0.4) is 0 Å². The monoisotopic (exact) mass is 294 g/mol. The van der Waals surface area contributed by atoms with E-state index in [-0.39, 0.29) is 11.7 Å². The molecular weight excluding hydrogens is 276 g/mol. The number of Topliss-reactive ketones (excluding diaryl/α,β-unsaturated/α-hetero) is 1. The summed E-state index contributed by atoms with van der Waals surface area (Å²) in [6.45, 7) is 6.17. The maximum Gasteiger partial charge on any atom is 0.228 e. The first kappa shape index (κ1) is 14.5. The highest BCUT2D eigenvalue weighted by atomic mass is 32.1. The maximum atomic E-state index is 11.9. The number of rotatable bonds is 6. The highest BCUT2D eigenvalue weighted by molar-refractivity contribution is 7.18. The van der Waals surface area contributed by atoms with E-state index >= 15 is 0 Å². The number of anilines is 2. The van der Waals surface area contributed by atoms with Gasteiger partial charge in [-0.05, 0) is 13.0 Å². The van der Waals surface area contributed by atoms with Crippen molar-refractivity contribution >= 4 is 27.8 Å². The SMILES string of the molecule is Cc1noc(CCNc2cc(N)c(C(=O)C(C)C)s2)n1. The van der Waals surface area contributed by atoms with Crippen molar-refractivity contribution in [2.75, 3.05) is 17.6 Å². The lowest BCUT2D eigenvalue weighted by Gasteiger charge is -2.01. The first-order chi connectivity index (χ1) is 9.47. The number of carbonyl (C=O) groups excluding carboxylic acids is 1. The Labute approximate surface area is 121 Å². The van der Waals surface area contributed by atoms with Crippen molar-refractivity contribution in [1.82, 2.24) is 10.1 Å². The van der Waals surface area contributed by atoms with Crippen LogP contribution in [0.25, 0.3) is 0 Å². The van der Waals surface area contributed by atoms with Crippen molar-refractivity contribution in [3.8, 4) is 0 Å². The molecule has 0 aromatic carbocycles. The number of hydrogen-bond acceptors (Lipinski definition) is 7. The number of carbonyl (C=O) groups is 1. The molecular formula is C13H18N4O2S. The topological polar surface area (TPSA) is 94.0 Å². The lowest BCUT2D eigenvalue weighted by molar-refractivity contribution is 0.0944. The zero-order valence-electron chi connectivity index (χ0n) is 11.8. The van der Waals surface area contributed by atoms with E-state index in [0.717, 1.165) is 5.00 Å². The van der Waals surface area contributed by atoms with E-state index < -0.39 is 0 Å². The summed E-state index contributed by atoms with van der Waals surface area (Å²) in [6.07, 6.45) is 0.631. The van der Waals surface area contributed by atoms with Crippen molar-refractivity contribution < 1.29 is 9.32 Å². The van der Waals surface area contributed by atoms with Gasteiger partial charge in [-0.25, -0.2) is 0 Å². The van der Waals surface area contributed by atoms with Gasteiger partial charge < -0.3 is 15.6 Å². The summed E-state index contributed by atoms with van der Waals surface area (Å²) in [5.41, 5.74) is 6.41. The lowest BCUT2D eigenvalue weighted by atomic mass is 10.1. The van der Waals surface area contributed by atoms with E-state index in [2.05, 4.69) is 15.5 Å². The van der Waals surface area contributed by atoms with Crippen molar-refractivity contribution in [2.45, 2.75) is 27.2 Å². The largest absolute Gasteiger partial charge is 0.397 e. The number of nitrogens with two attached hydrogens (primary N) is 1. The summed E-state index contributed by atoms with van der Waals surface area (Å²) in [6, 6.07) is 1.79. The Bertz CT molecular complexity index is 603. The summed E-state index contributed by atoms with van der Waals surface area (Å²) >= 11 is 1.38. The zero-order chi connectivity index (χ0) is 14.7. The Hall–Kier alpha value is -1.89. The van der Waals surface area contributed by atoms with Crippen molar-refractivity contribution in [2.24, 2.45) is 5.92 Å². The van der Waals surface area contributed by atoms with Crippen LogP contribution in [0.4, 0.5) is 10.7 Å². The van der Waals surface area contributed by atoms with Gasteiger partial charge in [-0.1, -0.05) is 19.0 Å². The molecule has 0 bridgehead atoms. The van der Waals surface area contributed by atoms with Gasteiger partial charge in [0.2, 0.25) is 5.89 Å². The summed E-state index contributed by atoms with van der Waals surface area (Å²) in [4.78, 5) is 16.7. The molecule has 2 heterocycles. The normalized spacial score (nSPS) is 11.0. The van der Waals surface area contributed by atoms with E-state index in [1.807, 2.05) is 13.8 Å². The number of ketones is 1. The smallest absolute Gasteiger partial charge is 0.228 e. The van der Waals surface area contributed by atoms with Crippen LogP contribution >= 0.6 is 11.3 Å². The molecule has 0 atom stereocenters. The first-order valence-electron chi connectivity index (χ1n) is 6.44. The molecule has 0 spiro atoms. The standard InChI is InChI=1S/C13H18N4O2S/c1-7(2)12(18)13-9(14)6-11(20-13)15-5-4-10-16-8(3)17-19-10/h6-7,15H,4-5,14H2,1-3H3. The predicted molar refractivity (Wildman–Crippen MR) is 79.1 cm³/mol. The summed E-state index contributed by atoms with van der Waals surface area (Å²) < 4.78 is 5.02. The van der Waals surface area contributed by atoms with Crippen LogP contribution in [-0.4, -0.2) is 22.5 Å². The molecule has 2 rings (SSSR count). The fourth-order valence-electron chi connectivity index (χ4n) is 1.68. The Morgan fingerprint density at radius 3 is 2.90 bits per heavy atom. The minimum absolute atomic E-state index is 0.0508. The maximum absolute atomic E-state index is 11.9. The Balaban J connectivity index is 1.94. The van der Waals surface area contributed by atoms with Crippen LogP contribution < -0.4 is 11.1 Å². The molecule has 6 nitrogen and oxygen atoms in total. The van der Waals surface area contributed by atoms with Gasteiger partial charge in [0.1, 0.15) is 0 Å². The van der Waals surface area contributed by atoms with Gasteiger partial charge in [0.15, 0.2) is 11.6 Å². The third-order valence-corrected chi connectivity index (χ3v) is 3.84. The van der Waals surface area contributed by atoms with Gasteiger partial charge >= 0.3 is 0 Å². The number of hydrogen-bond donors (Lipinski definition) is 2. The predicted octanol–water partition coefficient (Wildman–Crippen LogP) is 2.52. The second kappa shape index (κ2) is 6.04. The van der Waals surface area contributed by atoms with Gasteiger partial charge in [-0.2, -0.15) is 4.98 Å². The molecule has 0 aliphatic carbocycles. The Morgan fingerprint density at radius 2 is 2.30 bits per heavy atom. The summed E-state index contributed by atoms with van der Waals surface area (Å²) in [5, 5.41) is 7.82. The van der Waals surface area contributed by atoms with E-state index in [0.29, 0.717) is 35.2 Å². The summed E-state index contributed by atoms with van der Waals surface area (Å²) in [5.74, 6) is 1.25. The molecule has 0 fully saturated rings. The molecule has 0 aliphatic rings. The fourth-order valence-corrected chi connectivity index (χ4v) is 2.77. The number of nitrogens with one attached hydrogen (secondary N) is 1. The third kappa shape index (κ3) is 3.36. The minimum Gasteiger partial charge on any atom is -0.397 e. The van der Waals surface area contributed by atoms with E-state index in [4.69, 9.17) is 10.3 Å². The highest BCUT2D eigenvalue weighted by Gasteiger charge is 2.17. The number of aromatic nitrogens is 2. The van der Waals surface area contributed by atoms with Crippen molar-refractivity contribution in [1.29, 1.82) is 0 Å². The average Bonchev–Trinajstić information content (AvgIpc) is 2.95. The second-order valence-corrected chi connectivity index (χ2v) is 5.88. The fraction of sp³-hybridized carbons (Fsp3) is 0.462. The number of nitrogens with zero attached hydrogens (tertiary/aromatic N) is 2. The minimum atomic E-state index is -0.0508. The van der Waals surface area contributed by atoms with Crippen molar-refractivity contribution in [3.05, 3.63) is 22.7 Å². The molecule has 2 aromatic rings. The van der Waals surface area contributed by atoms with Crippen LogP contribution in [-0.2, 0) is 6.42 Å². The zero-order valence-corrected chi connectivity index (χ0v) is 12.6. The molecule has 0 radical (unpaired) electrons. The van der Waals surface area contributed by atoms with Gasteiger partial charge in [-0.3, -0.25) is 4.79 Å². The van der Waals surface area contributed by atoms with Crippen LogP contribution in [0.2, 0.25) is 0 Å². The molecule has 7 heteroatoms. The van der Waals surface area contributed by atoms with Crippen LogP contribution in [0.15, 0.2) is 10.6 Å². The molecule has 0 amide bonds. The molecule has 108 valence electrons. The number of thiophene rings is 1. The summed E-state index contributed by atoms with van der Waals surface area (Å²) in [7, 11) is 0. The molecule has 0 saturated carbocycles. The molecule has 0 unspecified atom stereocenters. The third-order valence-electron chi connectivity index (χ3n) is 2.72. The lowest BCUT2D eigenvalue weighted by Crippen LogP contribution is -2.07. The van der Waals surface area contributed by atoms with E-state index in [9.17, 15) is 4.79 Å². The van der Waals surface area contributed by atoms with Gasteiger partial charge in [-0.15, -0.1) is 11.3 Å². The Morgan fingerprint density at radius 1 is 1.55 bits per heavy atom. The van der Waals surface area contributed by atoms with Gasteiger partial charge in [0.25, 0.3) is 0 Å². The quantitative estimate of drug-likeness (QED) is 0.795. The van der Waals surface area contributed by atoms with Gasteiger partial charge in [0.05, 0.1) is 15.6 Å². The van der Waals surface area contributed by atoms with E-state index in [1.165, 1.54) is 11.3 Å².